The van der Waals surface area contributed by atoms with E-state index in [1.54, 1.807) is 6.20 Å². The Labute approximate surface area is 126 Å². The van der Waals surface area contributed by atoms with E-state index >= 15 is 0 Å². The number of hydrogen-bond donors (Lipinski definition) is 1. The lowest BCUT2D eigenvalue weighted by molar-refractivity contribution is 0.199. The SMILES string of the molecule is CC1CN(Cc2ccc(-n3ccnc3)cc2)CCN1.Cl. The van der Waals surface area contributed by atoms with Gasteiger partial charge in [-0.1, -0.05) is 12.1 Å². The number of hydrogen-bond acceptors (Lipinski definition) is 3. The Balaban J connectivity index is 0.00000147. The van der Waals surface area contributed by atoms with Crippen molar-refractivity contribution in [3.63, 3.8) is 0 Å². The summed E-state index contributed by atoms with van der Waals surface area (Å²) < 4.78 is 2.02. The first kappa shape index (κ1) is 15.0. The van der Waals surface area contributed by atoms with Crippen LogP contribution < -0.4 is 5.32 Å². The summed E-state index contributed by atoms with van der Waals surface area (Å²) >= 11 is 0. The predicted molar refractivity (Wildman–Crippen MR) is 83.6 cm³/mol. The van der Waals surface area contributed by atoms with E-state index in [0.717, 1.165) is 31.9 Å². The van der Waals surface area contributed by atoms with E-state index in [9.17, 15) is 0 Å². The molecule has 0 amide bonds. The summed E-state index contributed by atoms with van der Waals surface area (Å²) in [7, 11) is 0. The molecule has 1 atom stereocenters. The van der Waals surface area contributed by atoms with Crippen LogP contribution in [0.4, 0.5) is 0 Å². The van der Waals surface area contributed by atoms with Gasteiger partial charge in [-0.3, -0.25) is 4.90 Å². The molecule has 0 radical (unpaired) electrons. The molecule has 1 aliphatic heterocycles. The van der Waals surface area contributed by atoms with E-state index in [1.165, 1.54) is 5.56 Å². The lowest BCUT2D eigenvalue weighted by atomic mass is 10.1. The van der Waals surface area contributed by atoms with Crippen LogP contribution in [0.1, 0.15) is 12.5 Å². The minimum atomic E-state index is 0. The third-order valence-electron chi connectivity index (χ3n) is 3.60. The Morgan fingerprint density at radius 1 is 1.30 bits per heavy atom. The molecule has 1 saturated heterocycles. The van der Waals surface area contributed by atoms with Gasteiger partial charge >= 0.3 is 0 Å². The second-order valence-corrected chi connectivity index (χ2v) is 5.23. The maximum Gasteiger partial charge on any atom is 0.0991 e. The number of nitrogens with zero attached hydrogens (tertiary/aromatic N) is 3. The van der Waals surface area contributed by atoms with Crippen LogP contribution in [0.2, 0.25) is 0 Å². The Morgan fingerprint density at radius 3 is 2.75 bits per heavy atom. The fourth-order valence-corrected chi connectivity index (χ4v) is 2.60. The molecular formula is C15H21ClN4. The fraction of sp³-hybridized carbons (Fsp3) is 0.400. The molecule has 1 aliphatic rings. The van der Waals surface area contributed by atoms with Crippen molar-refractivity contribution in [2.24, 2.45) is 0 Å². The van der Waals surface area contributed by atoms with Crippen LogP contribution in [0.15, 0.2) is 43.0 Å². The maximum absolute atomic E-state index is 4.07. The Hall–Kier alpha value is -1.36. The van der Waals surface area contributed by atoms with Crippen LogP contribution in [-0.2, 0) is 6.54 Å². The zero-order chi connectivity index (χ0) is 13.1. The normalized spacial score (nSPS) is 19.6. The van der Waals surface area contributed by atoms with Crippen molar-refractivity contribution in [3.8, 4) is 5.69 Å². The summed E-state index contributed by atoms with van der Waals surface area (Å²) in [5, 5.41) is 3.47. The molecule has 1 N–H and O–H groups in total. The number of aromatic nitrogens is 2. The molecule has 108 valence electrons. The van der Waals surface area contributed by atoms with Gasteiger partial charge in [-0.05, 0) is 24.6 Å². The first-order valence-electron chi connectivity index (χ1n) is 6.84. The lowest BCUT2D eigenvalue weighted by Crippen LogP contribution is -2.48. The van der Waals surface area contributed by atoms with E-state index in [2.05, 4.69) is 46.4 Å². The minimum absolute atomic E-state index is 0. The van der Waals surface area contributed by atoms with Gasteiger partial charge in [-0.2, -0.15) is 0 Å². The highest BCUT2D eigenvalue weighted by Gasteiger charge is 2.15. The fourth-order valence-electron chi connectivity index (χ4n) is 2.60. The van der Waals surface area contributed by atoms with Gasteiger partial charge in [0.25, 0.3) is 0 Å². The van der Waals surface area contributed by atoms with Crippen LogP contribution in [-0.4, -0.2) is 40.1 Å². The number of benzene rings is 1. The van der Waals surface area contributed by atoms with Gasteiger partial charge in [-0.15, -0.1) is 12.4 Å². The summed E-state index contributed by atoms with van der Waals surface area (Å²) in [6, 6.07) is 9.33. The molecule has 4 nitrogen and oxygen atoms in total. The molecule has 20 heavy (non-hydrogen) atoms. The second kappa shape index (κ2) is 6.88. The van der Waals surface area contributed by atoms with Crippen molar-refractivity contribution in [1.29, 1.82) is 0 Å². The maximum atomic E-state index is 4.07. The van der Waals surface area contributed by atoms with Crippen LogP contribution in [0.25, 0.3) is 5.69 Å². The summed E-state index contributed by atoms with van der Waals surface area (Å²) in [6.45, 7) is 6.63. The predicted octanol–water partition coefficient (Wildman–Crippen LogP) is 2.09. The zero-order valence-corrected chi connectivity index (χ0v) is 12.5. The van der Waals surface area contributed by atoms with Crippen LogP contribution in [0, 0.1) is 0 Å². The Morgan fingerprint density at radius 2 is 2.10 bits per heavy atom. The van der Waals surface area contributed by atoms with Crippen LogP contribution >= 0.6 is 12.4 Å². The third kappa shape index (κ3) is 3.60. The van der Waals surface area contributed by atoms with E-state index in [1.807, 2.05) is 17.1 Å². The molecule has 1 unspecified atom stereocenters. The topological polar surface area (TPSA) is 33.1 Å². The monoisotopic (exact) mass is 292 g/mol. The standard InChI is InChI=1S/C15H20N4.ClH/c1-13-10-18(8-7-17-13)11-14-2-4-15(5-3-14)19-9-6-16-12-19;/h2-6,9,12-13,17H,7-8,10-11H2,1H3;1H. The number of halogens is 1. The zero-order valence-electron chi connectivity index (χ0n) is 11.7. The average molecular weight is 293 g/mol. The van der Waals surface area contributed by atoms with Gasteiger partial charge in [0, 0.05) is 50.3 Å². The van der Waals surface area contributed by atoms with Crippen molar-refractivity contribution in [1.82, 2.24) is 19.8 Å². The first-order chi connectivity index (χ1) is 9.31. The first-order valence-corrected chi connectivity index (χ1v) is 6.84. The van der Waals surface area contributed by atoms with Crippen molar-refractivity contribution in [2.45, 2.75) is 19.5 Å². The smallest absolute Gasteiger partial charge is 0.0991 e. The van der Waals surface area contributed by atoms with E-state index in [4.69, 9.17) is 0 Å². The molecule has 0 saturated carbocycles. The molecule has 1 fully saturated rings. The van der Waals surface area contributed by atoms with Crippen LogP contribution in [0.3, 0.4) is 0 Å². The van der Waals surface area contributed by atoms with Crippen molar-refractivity contribution in [3.05, 3.63) is 48.5 Å². The van der Waals surface area contributed by atoms with Gasteiger partial charge in [0.1, 0.15) is 0 Å². The highest BCUT2D eigenvalue weighted by molar-refractivity contribution is 5.85. The molecule has 3 rings (SSSR count). The largest absolute Gasteiger partial charge is 0.312 e. The second-order valence-electron chi connectivity index (χ2n) is 5.23. The van der Waals surface area contributed by atoms with Crippen LogP contribution in [0.5, 0.6) is 0 Å². The molecule has 1 aromatic heterocycles. The Bertz CT molecular complexity index is 509. The van der Waals surface area contributed by atoms with Crippen molar-refractivity contribution >= 4 is 12.4 Å². The molecule has 2 aromatic rings. The molecule has 0 aliphatic carbocycles. The van der Waals surface area contributed by atoms with Crippen molar-refractivity contribution in [2.75, 3.05) is 19.6 Å². The minimum Gasteiger partial charge on any atom is -0.312 e. The van der Waals surface area contributed by atoms with Gasteiger partial charge in [0.15, 0.2) is 0 Å². The number of rotatable bonds is 3. The molecule has 0 bridgehead atoms. The van der Waals surface area contributed by atoms with E-state index in [0.29, 0.717) is 6.04 Å². The van der Waals surface area contributed by atoms with Crippen molar-refractivity contribution < 1.29 is 0 Å². The molecule has 1 aromatic carbocycles. The number of imidazole rings is 1. The van der Waals surface area contributed by atoms with Gasteiger partial charge in [0.05, 0.1) is 6.33 Å². The average Bonchev–Trinajstić information content (AvgIpc) is 2.94. The van der Waals surface area contributed by atoms with Gasteiger partial charge in [-0.25, -0.2) is 4.98 Å². The number of piperazine rings is 1. The van der Waals surface area contributed by atoms with Gasteiger partial charge in [0.2, 0.25) is 0 Å². The Kier molecular flexibility index (Phi) is 5.17. The van der Waals surface area contributed by atoms with Gasteiger partial charge < -0.3 is 9.88 Å². The summed E-state index contributed by atoms with van der Waals surface area (Å²) in [6.07, 6.45) is 5.59. The van der Waals surface area contributed by atoms with E-state index < -0.39 is 0 Å². The highest BCUT2D eigenvalue weighted by Crippen LogP contribution is 2.12. The van der Waals surface area contributed by atoms with E-state index in [-0.39, 0.29) is 12.4 Å². The molecule has 5 heteroatoms. The highest BCUT2D eigenvalue weighted by atomic mass is 35.5. The molecule has 2 heterocycles. The summed E-state index contributed by atoms with van der Waals surface area (Å²) in [5.41, 5.74) is 2.54. The summed E-state index contributed by atoms with van der Waals surface area (Å²) in [5.74, 6) is 0. The summed E-state index contributed by atoms with van der Waals surface area (Å²) in [4.78, 5) is 6.58. The molecule has 0 spiro atoms. The third-order valence-corrected chi connectivity index (χ3v) is 3.60. The molecular weight excluding hydrogens is 272 g/mol. The quantitative estimate of drug-likeness (QED) is 0.940. The number of nitrogens with one attached hydrogen (secondary N) is 1. The lowest BCUT2D eigenvalue weighted by Gasteiger charge is -2.31.